The molecule has 0 aliphatic carbocycles. The summed E-state index contributed by atoms with van der Waals surface area (Å²) < 4.78 is 1.32. The van der Waals surface area contributed by atoms with Gasteiger partial charge in [0.25, 0.3) is 5.56 Å². The van der Waals surface area contributed by atoms with E-state index in [1.54, 1.807) is 19.3 Å². The number of carbonyl (C=O) groups excluding carboxylic acids is 1. The number of aryl methyl sites for hydroxylation is 2. The van der Waals surface area contributed by atoms with Gasteiger partial charge in [-0.2, -0.15) is 5.10 Å². The Morgan fingerprint density at radius 2 is 2.19 bits per heavy atom. The number of benzene rings is 1. The summed E-state index contributed by atoms with van der Waals surface area (Å²) in [5, 5.41) is 7.78. The summed E-state index contributed by atoms with van der Waals surface area (Å²) in [4.78, 5) is 26.0. The van der Waals surface area contributed by atoms with Crippen LogP contribution in [0, 0.1) is 5.92 Å². The lowest BCUT2D eigenvalue weighted by Gasteiger charge is -2.18. The van der Waals surface area contributed by atoms with Gasteiger partial charge < -0.3 is 10.2 Å². The number of amides is 1. The highest BCUT2D eigenvalue weighted by atomic mass is 35.5. The van der Waals surface area contributed by atoms with Crippen LogP contribution in [0.2, 0.25) is 5.02 Å². The number of halogens is 1. The van der Waals surface area contributed by atoms with Gasteiger partial charge in [0.2, 0.25) is 5.91 Å². The van der Waals surface area contributed by atoms with Gasteiger partial charge in [0.1, 0.15) is 0 Å². The Kier molecular flexibility index (Phi) is 5.93. The van der Waals surface area contributed by atoms with Crippen LogP contribution in [0.15, 0.2) is 41.3 Å². The van der Waals surface area contributed by atoms with Crippen LogP contribution >= 0.6 is 11.6 Å². The van der Waals surface area contributed by atoms with Crippen molar-refractivity contribution >= 4 is 23.2 Å². The molecule has 6 nitrogen and oxygen atoms in total. The molecule has 0 bridgehead atoms. The van der Waals surface area contributed by atoms with Crippen molar-refractivity contribution in [1.29, 1.82) is 0 Å². The smallest absolute Gasteiger partial charge is 0.268 e. The SMILES string of the molecule is Cn1ncc(N2CCC(CNC(=O)CCc3ccccc3Cl)C2)cc1=O. The fourth-order valence-corrected chi connectivity index (χ4v) is 3.39. The summed E-state index contributed by atoms with van der Waals surface area (Å²) in [6.07, 6.45) is 3.77. The molecule has 138 valence electrons. The molecule has 1 saturated heterocycles. The first kappa shape index (κ1) is 18.5. The van der Waals surface area contributed by atoms with Gasteiger partial charge in [-0.05, 0) is 30.4 Å². The maximum absolute atomic E-state index is 12.1. The second-order valence-corrected chi connectivity index (χ2v) is 7.08. The van der Waals surface area contributed by atoms with Crippen LogP contribution in [0.4, 0.5) is 5.69 Å². The minimum atomic E-state index is -0.112. The third-order valence-electron chi connectivity index (χ3n) is 4.77. The van der Waals surface area contributed by atoms with Crippen molar-refractivity contribution in [3.8, 4) is 0 Å². The number of anilines is 1. The predicted molar refractivity (Wildman–Crippen MR) is 103 cm³/mol. The van der Waals surface area contributed by atoms with Gasteiger partial charge in [0, 0.05) is 44.2 Å². The van der Waals surface area contributed by atoms with Gasteiger partial charge in [-0.3, -0.25) is 9.59 Å². The van der Waals surface area contributed by atoms with E-state index in [4.69, 9.17) is 11.6 Å². The van der Waals surface area contributed by atoms with Crippen LogP contribution < -0.4 is 15.8 Å². The van der Waals surface area contributed by atoms with Crippen LogP contribution in [0.5, 0.6) is 0 Å². The van der Waals surface area contributed by atoms with E-state index < -0.39 is 0 Å². The van der Waals surface area contributed by atoms with E-state index in [9.17, 15) is 9.59 Å². The zero-order chi connectivity index (χ0) is 18.5. The molecule has 1 fully saturated rings. The molecule has 3 rings (SSSR count). The Bertz CT molecular complexity index is 836. The normalized spacial score (nSPS) is 16.7. The quantitative estimate of drug-likeness (QED) is 0.839. The highest BCUT2D eigenvalue weighted by Crippen LogP contribution is 2.21. The van der Waals surface area contributed by atoms with Crippen molar-refractivity contribution in [2.75, 3.05) is 24.5 Å². The lowest BCUT2D eigenvalue weighted by molar-refractivity contribution is -0.121. The molecule has 0 radical (unpaired) electrons. The van der Waals surface area contributed by atoms with Gasteiger partial charge in [0.15, 0.2) is 0 Å². The van der Waals surface area contributed by atoms with E-state index in [1.165, 1.54) is 4.68 Å². The van der Waals surface area contributed by atoms with Crippen LogP contribution in [0.25, 0.3) is 0 Å². The second-order valence-electron chi connectivity index (χ2n) is 6.67. The molecule has 1 unspecified atom stereocenters. The number of rotatable bonds is 6. The summed E-state index contributed by atoms with van der Waals surface area (Å²) in [5.74, 6) is 0.418. The van der Waals surface area contributed by atoms with E-state index in [2.05, 4.69) is 15.3 Å². The molecule has 1 N–H and O–H groups in total. The molecule has 7 heteroatoms. The average molecular weight is 375 g/mol. The van der Waals surface area contributed by atoms with Crippen molar-refractivity contribution in [2.45, 2.75) is 19.3 Å². The number of hydrogen-bond donors (Lipinski definition) is 1. The Morgan fingerprint density at radius 1 is 1.38 bits per heavy atom. The average Bonchev–Trinajstić information content (AvgIpc) is 3.10. The topological polar surface area (TPSA) is 67.2 Å². The molecule has 0 spiro atoms. The molecular formula is C19H23ClN4O2. The maximum atomic E-state index is 12.1. The standard InChI is InChI=1S/C19H23ClN4O2/c1-23-19(26)10-16(12-22-23)24-9-8-14(13-24)11-21-18(25)7-6-15-4-2-3-5-17(15)20/h2-5,10,12,14H,6-9,11,13H2,1H3,(H,21,25). The Morgan fingerprint density at radius 3 is 2.96 bits per heavy atom. The van der Waals surface area contributed by atoms with E-state index in [0.29, 0.717) is 30.3 Å². The van der Waals surface area contributed by atoms with Gasteiger partial charge in [-0.15, -0.1) is 0 Å². The van der Waals surface area contributed by atoms with E-state index >= 15 is 0 Å². The number of hydrogen-bond acceptors (Lipinski definition) is 4. The molecule has 1 aromatic carbocycles. The third-order valence-corrected chi connectivity index (χ3v) is 5.14. The first-order valence-corrected chi connectivity index (χ1v) is 9.19. The number of nitrogens with zero attached hydrogens (tertiary/aromatic N) is 3. The molecule has 26 heavy (non-hydrogen) atoms. The van der Waals surface area contributed by atoms with Crippen LogP contribution in [0.3, 0.4) is 0 Å². The minimum Gasteiger partial charge on any atom is -0.370 e. The van der Waals surface area contributed by atoms with Gasteiger partial charge in [-0.1, -0.05) is 29.8 Å². The Labute approximate surface area is 157 Å². The largest absolute Gasteiger partial charge is 0.370 e. The van der Waals surface area contributed by atoms with Gasteiger partial charge >= 0.3 is 0 Å². The van der Waals surface area contributed by atoms with Gasteiger partial charge in [0.05, 0.1) is 11.9 Å². The highest BCUT2D eigenvalue weighted by Gasteiger charge is 2.23. The summed E-state index contributed by atoms with van der Waals surface area (Å²) >= 11 is 6.12. The minimum absolute atomic E-state index is 0.0404. The summed E-state index contributed by atoms with van der Waals surface area (Å²) in [6, 6.07) is 9.21. The lowest BCUT2D eigenvalue weighted by Crippen LogP contribution is -2.31. The van der Waals surface area contributed by atoms with Crippen molar-refractivity contribution < 1.29 is 4.79 Å². The molecule has 1 amide bonds. The lowest BCUT2D eigenvalue weighted by atomic mass is 10.1. The number of aromatic nitrogens is 2. The van der Waals surface area contributed by atoms with Gasteiger partial charge in [-0.25, -0.2) is 4.68 Å². The van der Waals surface area contributed by atoms with Crippen molar-refractivity contribution in [3.05, 3.63) is 57.5 Å². The summed E-state index contributed by atoms with van der Waals surface area (Å²) in [6.45, 7) is 2.34. The Balaban J connectivity index is 1.44. The van der Waals surface area contributed by atoms with Crippen LogP contribution in [0.1, 0.15) is 18.4 Å². The highest BCUT2D eigenvalue weighted by molar-refractivity contribution is 6.31. The number of carbonyl (C=O) groups is 1. The summed E-state index contributed by atoms with van der Waals surface area (Å²) in [7, 11) is 1.64. The molecule has 2 aromatic rings. The monoisotopic (exact) mass is 374 g/mol. The zero-order valence-corrected chi connectivity index (χ0v) is 15.6. The zero-order valence-electron chi connectivity index (χ0n) is 14.8. The molecule has 2 heterocycles. The maximum Gasteiger partial charge on any atom is 0.268 e. The second kappa shape index (κ2) is 8.36. The van der Waals surface area contributed by atoms with Crippen molar-refractivity contribution in [3.63, 3.8) is 0 Å². The molecule has 0 saturated carbocycles. The molecule has 1 aromatic heterocycles. The molecule has 1 aliphatic heterocycles. The van der Waals surface area contributed by atoms with E-state index in [-0.39, 0.29) is 11.5 Å². The van der Waals surface area contributed by atoms with E-state index in [1.807, 2.05) is 24.3 Å². The van der Waals surface area contributed by atoms with Crippen molar-refractivity contribution in [1.82, 2.24) is 15.1 Å². The first-order valence-electron chi connectivity index (χ1n) is 8.81. The third kappa shape index (κ3) is 4.64. The molecular weight excluding hydrogens is 352 g/mol. The molecule has 1 aliphatic rings. The number of nitrogens with one attached hydrogen (secondary N) is 1. The fraction of sp³-hybridized carbons (Fsp3) is 0.421. The van der Waals surface area contributed by atoms with Crippen molar-refractivity contribution in [2.24, 2.45) is 13.0 Å². The first-order chi connectivity index (χ1) is 12.5. The predicted octanol–water partition coefficient (Wildman–Crippen LogP) is 2.01. The van der Waals surface area contributed by atoms with Crippen LogP contribution in [-0.2, 0) is 18.3 Å². The fourth-order valence-electron chi connectivity index (χ4n) is 3.16. The Hall–Kier alpha value is -2.34. The van der Waals surface area contributed by atoms with Crippen LogP contribution in [-0.4, -0.2) is 35.3 Å². The van der Waals surface area contributed by atoms with E-state index in [0.717, 1.165) is 30.8 Å². The molecule has 1 atom stereocenters. The summed E-state index contributed by atoms with van der Waals surface area (Å²) in [5.41, 5.74) is 1.73.